The highest BCUT2D eigenvalue weighted by atomic mass is 16.7. The third kappa shape index (κ3) is 7.43. The summed E-state index contributed by atoms with van der Waals surface area (Å²) in [6.07, 6.45) is 0. The van der Waals surface area contributed by atoms with Gasteiger partial charge in [-0.3, -0.25) is 9.63 Å². The van der Waals surface area contributed by atoms with Crippen LogP contribution in [0.2, 0.25) is 0 Å². The maximum Gasteiger partial charge on any atom is 0.240 e. The highest BCUT2D eigenvalue weighted by Gasteiger charge is 2.09. The van der Waals surface area contributed by atoms with E-state index >= 15 is 0 Å². The Kier molecular flexibility index (Phi) is 3.36. The van der Waals surface area contributed by atoms with Crippen LogP contribution in [0.1, 0.15) is 27.7 Å². The zero-order chi connectivity index (χ0) is 8.20. The van der Waals surface area contributed by atoms with Crippen molar-refractivity contribution < 1.29 is 9.63 Å². The molecule has 0 aromatic rings. The Hall–Kier alpha value is -0.570. The van der Waals surface area contributed by atoms with Gasteiger partial charge in [0.25, 0.3) is 0 Å². The molecule has 60 valence electrons. The van der Waals surface area contributed by atoms with Crippen molar-refractivity contribution >= 4 is 5.91 Å². The van der Waals surface area contributed by atoms with Crippen LogP contribution in [0.25, 0.3) is 0 Å². The molecule has 0 spiro atoms. The maximum absolute atomic E-state index is 10.3. The van der Waals surface area contributed by atoms with Crippen LogP contribution in [0.5, 0.6) is 0 Å². The molecular weight excluding hydrogens is 130 g/mol. The number of carbonyl (C=O) groups excluding carboxylic acids is 1. The quantitative estimate of drug-likeness (QED) is 0.591. The first-order chi connectivity index (χ1) is 4.42. The highest BCUT2D eigenvalue weighted by molar-refractivity contribution is 5.71. The van der Waals surface area contributed by atoms with Crippen LogP contribution in [-0.4, -0.2) is 12.5 Å². The van der Waals surface area contributed by atoms with Crippen molar-refractivity contribution in [1.29, 1.82) is 0 Å². The van der Waals surface area contributed by atoms with E-state index in [4.69, 9.17) is 4.84 Å². The van der Waals surface area contributed by atoms with Gasteiger partial charge >= 0.3 is 0 Å². The topological polar surface area (TPSA) is 38.3 Å². The predicted octanol–water partition coefficient (Wildman–Crippen LogP) is 1.10. The van der Waals surface area contributed by atoms with E-state index < -0.39 is 0 Å². The second-order valence-electron chi connectivity index (χ2n) is 3.51. The zero-order valence-electron chi connectivity index (χ0n) is 7.02. The molecule has 1 amide bonds. The lowest BCUT2D eigenvalue weighted by Crippen LogP contribution is -2.26. The number of carbonyl (C=O) groups is 1. The van der Waals surface area contributed by atoms with Crippen LogP contribution >= 0.6 is 0 Å². The van der Waals surface area contributed by atoms with Gasteiger partial charge in [-0.1, -0.05) is 20.8 Å². The SMILES string of the molecule is CC(=O)NOCC(C)(C)C. The van der Waals surface area contributed by atoms with Gasteiger partial charge in [-0.25, -0.2) is 5.48 Å². The summed E-state index contributed by atoms with van der Waals surface area (Å²) < 4.78 is 0. The fourth-order valence-corrected chi connectivity index (χ4v) is 0.354. The number of nitrogens with one attached hydrogen (secondary N) is 1. The third-order valence-corrected chi connectivity index (χ3v) is 0.721. The number of hydrogen-bond acceptors (Lipinski definition) is 2. The average Bonchev–Trinajstić information content (AvgIpc) is 1.59. The van der Waals surface area contributed by atoms with Gasteiger partial charge in [0.05, 0.1) is 6.61 Å². The molecule has 10 heavy (non-hydrogen) atoms. The van der Waals surface area contributed by atoms with Gasteiger partial charge < -0.3 is 0 Å². The maximum atomic E-state index is 10.3. The molecule has 0 aliphatic heterocycles. The summed E-state index contributed by atoms with van der Waals surface area (Å²) in [4.78, 5) is 15.2. The fourth-order valence-electron chi connectivity index (χ4n) is 0.354. The minimum absolute atomic E-state index is 0.0997. The summed E-state index contributed by atoms with van der Waals surface area (Å²) in [6, 6.07) is 0. The molecule has 0 bridgehead atoms. The molecule has 0 saturated heterocycles. The van der Waals surface area contributed by atoms with E-state index in [0.29, 0.717) is 6.61 Å². The van der Waals surface area contributed by atoms with Gasteiger partial charge in [0.1, 0.15) is 0 Å². The van der Waals surface area contributed by atoms with E-state index in [9.17, 15) is 4.79 Å². The smallest absolute Gasteiger partial charge is 0.240 e. The first kappa shape index (κ1) is 9.43. The molecule has 0 atom stereocenters. The Balaban J connectivity index is 3.29. The van der Waals surface area contributed by atoms with E-state index in [-0.39, 0.29) is 11.3 Å². The van der Waals surface area contributed by atoms with E-state index in [1.165, 1.54) is 6.92 Å². The molecule has 0 aliphatic rings. The normalized spacial score (nSPS) is 11.2. The lowest BCUT2D eigenvalue weighted by atomic mass is 9.99. The molecule has 0 radical (unpaired) electrons. The minimum Gasteiger partial charge on any atom is -0.273 e. The van der Waals surface area contributed by atoms with Crippen molar-refractivity contribution in [3.8, 4) is 0 Å². The average molecular weight is 145 g/mol. The van der Waals surface area contributed by atoms with E-state index in [0.717, 1.165) is 0 Å². The molecule has 1 N–H and O–H groups in total. The molecule has 0 aromatic carbocycles. The Morgan fingerprint density at radius 1 is 1.50 bits per heavy atom. The molecule has 0 rings (SSSR count). The largest absolute Gasteiger partial charge is 0.273 e. The predicted molar refractivity (Wildman–Crippen MR) is 39.2 cm³/mol. The van der Waals surface area contributed by atoms with Crippen LogP contribution in [0.15, 0.2) is 0 Å². The van der Waals surface area contributed by atoms with Crippen molar-refractivity contribution in [2.24, 2.45) is 5.41 Å². The second-order valence-corrected chi connectivity index (χ2v) is 3.51. The summed E-state index contributed by atoms with van der Waals surface area (Å²) in [5.74, 6) is -0.163. The van der Waals surface area contributed by atoms with Gasteiger partial charge in [0.2, 0.25) is 5.91 Å². The van der Waals surface area contributed by atoms with Gasteiger partial charge in [-0.2, -0.15) is 0 Å². The molecule has 0 unspecified atom stereocenters. The number of amides is 1. The zero-order valence-corrected chi connectivity index (χ0v) is 7.02. The summed E-state index contributed by atoms with van der Waals surface area (Å²) >= 11 is 0. The van der Waals surface area contributed by atoms with Gasteiger partial charge in [0.15, 0.2) is 0 Å². The fraction of sp³-hybridized carbons (Fsp3) is 0.857. The Bertz CT molecular complexity index is 115. The Labute approximate surface area is 61.7 Å². The molecule has 0 fully saturated rings. The van der Waals surface area contributed by atoms with Crippen LogP contribution in [0.3, 0.4) is 0 Å². The van der Waals surface area contributed by atoms with E-state index in [1.807, 2.05) is 20.8 Å². The van der Waals surface area contributed by atoms with Crippen LogP contribution in [-0.2, 0) is 9.63 Å². The van der Waals surface area contributed by atoms with E-state index in [1.54, 1.807) is 0 Å². The van der Waals surface area contributed by atoms with Crippen LogP contribution in [0.4, 0.5) is 0 Å². The first-order valence-corrected chi connectivity index (χ1v) is 3.30. The monoisotopic (exact) mass is 145 g/mol. The number of hydroxylamine groups is 1. The Morgan fingerprint density at radius 3 is 2.30 bits per heavy atom. The van der Waals surface area contributed by atoms with Gasteiger partial charge in [0, 0.05) is 6.92 Å². The minimum atomic E-state index is -0.163. The number of hydrogen-bond donors (Lipinski definition) is 1. The lowest BCUT2D eigenvalue weighted by molar-refractivity contribution is -0.133. The lowest BCUT2D eigenvalue weighted by Gasteiger charge is -2.16. The van der Waals surface area contributed by atoms with Crippen LogP contribution in [0, 0.1) is 5.41 Å². The third-order valence-electron chi connectivity index (χ3n) is 0.721. The first-order valence-electron chi connectivity index (χ1n) is 3.30. The van der Waals surface area contributed by atoms with Crippen molar-refractivity contribution in [2.75, 3.05) is 6.61 Å². The Morgan fingerprint density at radius 2 is 2.00 bits per heavy atom. The van der Waals surface area contributed by atoms with Crippen LogP contribution < -0.4 is 5.48 Å². The molecular formula is C7H15NO2. The molecule has 3 nitrogen and oxygen atoms in total. The second kappa shape index (κ2) is 3.56. The summed E-state index contributed by atoms with van der Waals surface area (Å²) in [5, 5.41) is 0. The van der Waals surface area contributed by atoms with E-state index in [2.05, 4.69) is 5.48 Å². The number of rotatable bonds is 2. The van der Waals surface area contributed by atoms with Crippen molar-refractivity contribution in [3.05, 3.63) is 0 Å². The molecule has 3 heteroatoms. The summed E-state index contributed by atoms with van der Waals surface area (Å²) in [5.41, 5.74) is 2.36. The molecule has 0 aromatic heterocycles. The van der Waals surface area contributed by atoms with Gasteiger partial charge in [-0.15, -0.1) is 0 Å². The standard InChI is InChI=1S/C7H15NO2/c1-6(9)8-10-5-7(2,3)4/h5H2,1-4H3,(H,8,9). The summed E-state index contributed by atoms with van der Waals surface area (Å²) in [7, 11) is 0. The van der Waals surface area contributed by atoms with Crippen molar-refractivity contribution in [2.45, 2.75) is 27.7 Å². The van der Waals surface area contributed by atoms with Crippen molar-refractivity contribution in [1.82, 2.24) is 5.48 Å². The molecule has 0 aliphatic carbocycles. The van der Waals surface area contributed by atoms with Gasteiger partial charge in [-0.05, 0) is 5.41 Å². The highest BCUT2D eigenvalue weighted by Crippen LogP contribution is 2.11. The molecule has 0 heterocycles. The summed E-state index contributed by atoms with van der Waals surface area (Å²) in [6.45, 7) is 8.06. The van der Waals surface area contributed by atoms with Crippen molar-refractivity contribution in [3.63, 3.8) is 0 Å². The molecule has 0 saturated carbocycles.